The number of alkyl carbamates (subject to hydrolysis) is 3. The van der Waals surface area contributed by atoms with Crippen LogP contribution in [0.5, 0.6) is 0 Å². The van der Waals surface area contributed by atoms with Gasteiger partial charge in [0.05, 0.1) is 0 Å². The standard InChI is InChI=1S/C28H36N4O8/c1-28(2,3)40-27(37)30-22(23(33)34)16-10-11-17-29-24(31-25(35)38-18-20-12-6-4-7-13-20)32-26(36)39-19-21-14-8-5-9-15-21/h4-9,12-15,22H,10-11,16-19H2,1-3H3,(H,30,37)(H,33,34)(H2,29,31,32,35,36)/t22-/m1/s1. The van der Waals surface area contributed by atoms with Crippen molar-refractivity contribution in [3.63, 3.8) is 0 Å². The van der Waals surface area contributed by atoms with E-state index in [1.807, 2.05) is 36.4 Å². The molecule has 0 aliphatic heterocycles. The second kappa shape index (κ2) is 16.4. The number of hydrogen-bond donors (Lipinski definition) is 4. The molecule has 0 aliphatic carbocycles. The fourth-order valence-electron chi connectivity index (χ4n) is 3.18. The summed E-state index contributed by atoms with van der Waals surface area (Å²) in [4.78, 5) is 52.3. The van der Waals surface area contributed by atoms with Crippen LogP contribution in [0.3, 0.4) is 0 Å². The summed E-state index contributed by atoms with van der Waals surface area (Å²) in [6.45, 7) is 5.18. The lowest BCUT2D eigenvalue weighted by Gasteiger charge is -2.22. The van der Waals surface area contributed by atoms with Gasteiger partial charge in [0.15, 0.2) is 0 Å². The first kappa shape index (κ1) is 31.6. The molecule has 40 heavy (non-hydrogen) atoms. The van der Waals surface area contributed by atoms with Crippen LogP contribution in [0.4, 0.5) is 14.4 Å². The highest BCUT2D eigenvalue weighted by Crippen LogP contribution is 2.09. The predicted octanol–water partition coefficient (Wildman–Crippen LogP) is 4.34. The summed E-state index contributed by atoms with van der Waals surface area (Å²) in [6, 6.07) is 17.0. The Bertz CT molecular complexity index is 1070. The number of carbonyl (C=O) groups excluding carboxylic acids is 3. The van der Waals surface area contributed by atoms with Crippen LogP contribution in [-0.4, -0.2) is 53.5 Å². The number of guanidine groups is 1. The molecule has 216 valence electrons. The molecule has 1 atom stereocenters. The Kier molecular flexibility index (Phi) is 12.9. The van der Waals surface area contributed by atoms with Gasteiger partial charge in [0.1, 0.15) is 24.9 Å². The molecule has 0 fully saturated rings. The van der Waals surface area contributed by atoms with Gasteiger partial charge in [0.25, 0.3) is 0 Å². The van der Waals surface area contributed by atoms with E-state index in [1.54, 1.807) is 45.0 Å². The van der Waals surface area contributed by atoms with Crippen molar-refractivity contribution in [3.8, 4) is 0 Å². The second-order valence-electron chi connectivity index (χ2n) is 9.64. The first-order valence-corrected chi connectivity index (χ1v) is 12.7. The summed E-state index contributed by atoms with van der Waals surface area (Å²) in [6.07, 6.45) is -1.60. The van der Waals surface area contributed by atoms with Crippen molar-refractivity contribution < 1.29 is 38.5 Å². The molecule has 0 saturated heterocycles. The van der Waals surface area contributed by atoms with Crippen molar-refractivity contribution in [2.24, 2.45) is 4.99 Å². The highest BCUT2D eigenvalue weighted by Gasteiger charge is 2.23. The molecule has 0 heterocycles. The minimum absolute atomic E-state index is 0.0135. The Morgan fingerprint density at radius 3 is 1.75 bits per heavy atom. The molecule has 0 radical (unpaired) electrons. The molecule has 3 amide bonds. The molecule has 4 N–H and O–H groups in total. The van der Waals surface area contributed by atoms with Crippen molar-refractivity contribution in [1.29, 1.82) is 0 Å². The largest absolute Gasteiger partial charge is 0.480 e. The van der Waals surface area contributed by atoms with E-state index in [-0.39, 0.29) is 32.1 Å². The monoisotopic (exact) mass is 556 g/mol. The Morgan fingerprint density at radius 2 is 1.30 bits per heavy atom. The Morgan fingerprint density at radius 1 is 0.800 bits per heavy atom. The average molecular weight is 557 g/mol. The number of carbonyl (C=O) groups is 4. The van der Waals surface area contributed by atoms with Gasteiger partial charge in [0.2, 0.25) is 5.96 Å². The number of amides is 3. The maximum Gasteiger partial charge on any atom is 0.414 e. The lowest BCUT2D eigenvalue weighted by atomic mass is 10.1. The Balaban J connectivity index is 1.91. The number of rotatable bonds is 11. The van der Waals surface area contributed by atoms with Gasteiger partial charge in [-0.05, 0) is 51.2 Å². The quantitative estimate of drug-likeness (QED) is 0.137. The minimum atomic E-state index is -1.19. The molecular formula is C28H36N4O8. The van der Waals surface area contributed by atoms with Gasteiger partial charge in [-0.1, -0.05) is 60.7 Å². The summed E-state index contributed by atoms with van der Waals surface area (Å²) < 4.78 is 15.5. The van der Waals surface area contributed by atoms with E-state index in [4.69, 9.17) is 14.2 Å². The fraction of sp³-hybridized carbons (Fsp3) is 0.393. The maximum atomic E-state index is 12.3. The van der Waals surface area contributed by atoms with Crippen LogP contribution in [0, 0.1) is 0 Å². The second-order valence-corrected chi connectivity index (χ2v) is 9.64. The van der Waals surface area contributed by atoms with Gasteiger partial charge in [0, 0.05) is 6.54 Å². The van der Waals surface area contributed by atoms with Gasteiger partial charge in [-0.25, -0.2) is 19.2 Å². The highest BCUT2D eigenvalue weighted by molar-refractivity contribution is 6.01. The summed E-state index contributed by atoms with van der Waals surface area (Å²) in [7, 11) is 0. The molecule has 2 aromatic carbocycles. The van der Waals surface area contributed by atoms with E-state index in [0.717, 1.165) is 11.1 Å². The summed E-state index contributed by atoms with van der Waals surface area (Å²) >= 11 is 0. The van der Waals surface area contributed by atoms with Crippen LogP contribution in [0.2, 0.25) is 0 Å². The number of carboxylic acid groups (broad SMARTS) is 1. The normalized spacial score (nSPS) is 11.4. The summed E-state index contributed by atoms with van der Waals surface area (Å²) in [5.41, 5.74) is 0.793. The molecule has 0 spiro atoms. The number of carboxylic acids is 1. The van der Waals surface area contributed by atoms with Crippen molar-refractivity contribution in [2.45, 2.75) is 64.9 Å². The van der Waals surface area contributed by atoms with Gasteiger partial charge in [-0.15, -0.1) is 0 Å². The van der Waals surface area contributed by atoms with E-state index < -0.39 is 35.9 Å². The molecule has 2 rings (SSSR count). The van der Waals surface area contributed by atoms with Crippen molar-refractivity contribution >= 4 is 30.2 Å². The Labute approximate surface area is 233 Å². The topological polar surface area (TPSA) is 165 Å². The number of ether oxygens (including phenoxy) is 3. The van der Waals surface area contributed by atoms with E-state index in [1.165, 1.54) is 0 Å². The highest BCUT2D eigenvalue weighted by atomic mass is 16.6. The number of unbranched alkanes of at least 4 members (excludes halogenated alkanes) is 1. The zero-order valence-electron chi connectivity index (χ0n) is 22.8. The van der Waals surface area contributed by atoms with Crippen LogP contribution in [0.1, 0.15) is 51.2 Å². The number of benzene rings is 2. The first-order chi connectivity index (χ1) is 19.0. The lowest BCUT2D eigenvalue weighted by molar-refractivity contribution is -0.139. The zero-order chi connectivity index (χ0) is 29.4. The van der Waals surface area contributed by atoms with Crippen molar-refractivity contribution in [2.75, 3.05) is 6.54 Å². The van der Waals surface area contributed by atoms with Crippen molar-refractivity contribution in [3.05, 3.63) is 71.8 Å². The SMILES string of the molecule is CC(C)(C)OC(=O)N[C@H](CCCCN=C(NC(=O)OCc1ccccc1)NC(=O)OCc1ccccc1)C(=O)O. The van der Waals surface area contributed by atoms with E-state index in [2.05, 4.69) is 20.9 Å². The van der Waals surface area contributed by atoms with Gasteiger partial charge in [-0.2, -0.15) is 0 Å². The predicted molar refractivity (Wildman–Crippen MR) is 146 cm³/mol. The average Bonchev–Trinajstić information content (AvgIpc) is 2.90. The van der Waals surface area contributed by atoms with E-state index in [0.29, 0.717) is 12.8 Å². The molecule has 2 aromatic rings. The number of nitrogens with one attached hydrogen (secondary N) is 3. The third-order valence-electron chi connectivity index (χ3n) is 5.03. The molecule has 0 unspecified atom stereocenters. The first-order valence-electron chi connectivity index (χ1n) is 12.7. The van der Waals surface area contributed by atoms with Crippen LogP contribution in [-0.2, 0) is 32.2 Å². The number of hydrogen-bond acceptors (Lipinski definition) is 8. The third-order valence-corrected chi connectivity index (χ3v) is 5.03. The molecule has 12 heteroatoms. The molecule has 12 nitrogen and oxygen atoms in total. The molecule has 0 bridgehead atoms. The number of aliphatic carboxylic acids is 1. The maximum absolute atomic E-state index is 12.3. The number of aliphatic imine (C=N–C) groups is 1. The lowest BCUT2D eigenvalue weighted by Crippen LogP contribution is -2.44. The van der Waals surface area contributed by atoms with Gasteiger partial charge < -0.3 is 24.6 Å². The molecule has 0 aromatic heterocycles. The smallest absolute Gasteiger partial charge is 0.414 e. The minimum Gasteiger partial charge on any atom is -0.480 e. The zero-order valence-corrected chi connectivity index (χ0v) is 22.8. The molecular weight excluding hydrogens is 520 g/mol. The Hall–Kier alpha value is -4.61. The third kappa shape index (κ3) is 13.8. The molecule has 0 aliphatic rings. The van der Waals surface area contributed by atoms with Crippen LogP contribution in [0.25, 0.3) is 0 Å². The summed E-state index contributed by atoms with van der Waals surface area (Å²) in [5.74, 6) is -1.38. The van der Waals surface area contributed by atoms with Gasteiger partial charge >= 0.3 is 24.2 Å². The van der Waals surface area contributed by atoms with Crippen LogP contribution in [0.15, 0.2) is 65.7 Å². The fourth-order valence-corrected chi connectivity index (χ4v) is 3.18. The molecule has 0 saturated carbocycles. The van der Waals surface area contributed by atoms with Gasteiger partial charge in [-0.3, -0.25) is 15.6 Å². The van der Waals surface area contributed by atoms with Crippen LogP contribution < -0.4 is 16.0 Å². The number of nitrogens with zero attached hydrogens (tertiary/aromatic N) is 1. The van der Waals surface area contributed by atoms with Crippen molar-refractivity contribution in [1.82, 2.24) is 16.0 Å². The van der Waals surface area contributed by atoms with E-state index >= 15 is 0 Å². The summed E-state index contributed by atoms with van der Waals surface area (Å²) in [5, 5.41) is 16.5. The van der Waals surface area contributed by atoms with Crippen LogP contribution >= 0.6 is 0 Å². The van der Waals surface area contributed by atoms with E-state index in [9.17, 15) is 24.3 Å².